The fourth-order valence-electron chi connectivity index (χ4n) is 1.96. The molecule has 3 N–H and O–H groups in total. The van der Waals surface area contributed by atoms with Crippen LogP contribution in [0.5, 0.6) is 5.75 Å². The van der Waals surface area contributed by atoms with Gasteiger partial charge in [-0.3, -0.25) is 14.9 Å². The molecule has 0 spiro atoms. The molecule has 1 heterocycles. The molecule has 0 bridgehead atoms. The summed E-state index contributed by atoms with van der Waals surface area (Å²) < 4.78 is 5.61. The highest BCUT2D eigenvalue weighted by atomic mass is 16.5. The molecule has 6 nitrogen and oxygen atoms in total. The van der Waals surface area contributed by atoms with Gasteiger partial charge in [-0.25, -0.2) is 4.98 Å². The molecular formula is C17H27N3O3. The van der Waals surface area contributed by atoms with Crippen molar-refractivity contribution in [2.24, 2.45) is 17.6 Å². The monoisotopic (exact) mass is 321 g/mol. The molecule has 0 radical (unpaired) electrons. The number of aromatic nitrogens is 1. The Balaban J connectivity index is 2.70. The van der Waals surface area contributed by atoms with Crippen LogP contribution in [0.4, 0.5) is 0 Å². The molecule has 0 fully saturated rings. The van der Waals surface area contributed by atoms with Gasteiger partial charge in [0.15, 0.2) is 11.4 Å². The third-order valence-electron chi connectivity index (χ3n) is 3.24. The van der Waals surface area contributed by atoms with Crippen LogP contribution in [0.2, 0.25) is 0 Å². The maximum absolute atomic E-state index is 12.2. The first-order valence-electron chi connectivity index (χ1n) is 7.99. The van der Waals surface area contributed by atoms with Gasteiger partial charge in [0.05, 0.1) is 12.6 Å². The number of rotatable bonds is 8. The van der Waals surface area contributed by atoms with E-state index in [1.165, 1.54) is 6.20 Å². The number of imide groups is 1. The highest BCUT2D eigenvalue weighted by molar-refractivity contribution is 6.06. The van der Waals surface area contributed by atoms with E-state index in [4.69, 9.17) is 10.5 Å². The minimum Gasteiger partial charge on any atom is -0.491 e. The number of ether oxygens (including phenoxy) is 1. The molecule has 1 rings (SSSR count). The maximum Gasteiger partial charge on any atom is 0.280 e. The van der Waals surface area contributed by atoms with Gasteiger partial charge in [-0.05, 0) is 36.8 Å². The third kappa shape index (κ3) is 6.78. The molecule has 23 heavy (non-hydrogen) atoms. The Morgan fingerprint density at radius 2 is 1.96 bits per heavy atom. The van der Waals surface area contributed by atoms with Crippen LogP contribution < -0.4 is 15.8 Å². The van der Waals surface area contributed by atoms with Gasteiger partial charge in [-0.2, -0.15) is 0 Å². The Morgan fingerprint density at radius 1 is 1.26 bits per heavy atom. The van der Waals surface area contributed by atoms with Crippen LogP contribution in [0.15, 0.2) is 18.3 Å². The van der Waals surface area contributed by atoms with Crippen LogP contribution in [0.25, 0.3) is 0 Å². The standard InChI is InChI=1S/C17H27N3O3/c1-11(2)7-9-23-14-6-5-8-19-15(14)17(22)20-16(21)13(18)10-12(3)4/h5-6,8,11-13H,7,9-10,18H2,1-4H3,(H,20,21,22)/t13-/m0/s1. The molecule has 0 aliphatic rings. The van der Waals surface area contributed by atoms with E-state index in [0.717, 1.165) is 6.42 Å². The van der Waals surface area contributed by atoms with Gasteiger partial charge >= 0.3 is 0 Å². The van der Waals surface area contributed by atoms with E-state index in [1.54, 1.807) is 12.1 Å². The van der Waals surface area contributed by atoms with Crippen molar-refractivity contribution in [3.05, 3.63) is 24.0 Å². The Kier molecular flexibility index (Phi) is 7.68. The minimum atomic E-state index is -0.715. The molecule has 0 unspecified atom stereocenters. The van der Waals surface area contributed by atoms with E-state index in [9.17, 15) is 9.59 Å². The number of nitrogens with zero attached hydrogens (tertiary/aromatic N) is 1. The molecule has 0 aliphatic carbocycles. The summed E-state index contributed by atoms with van der Waals surface area (Å²) in [6, 6.07) is 2.64. The number of amides is 2. The Labute approximate surface area is 137 Å². The Hall–Kier alpha value is -1.95. The average Bonchev–Trinajstić information content (AvgIpc) is 2.46. The molecule has 0 saturated carbocycles. The van der Waals surface area contributed by atoms with Crippen LogP contribution in [0.3, 0.4) is 0 Å². The van der Waals surface area contributed by atoms with Crippen molar-refractivity contribution >= 4 is 11.8 Å². The first-order chi connectivity index (χ1) is 10.8. The SMILES string of the molecule is CC(C)CCOc1cccnc1C(=O)NC(=O)[C@@H](N)CC(C)C. The second-order valence-corrected chi connectivity index (χ2v) is 6.44. The maximum atomic E-state index is 12.2. The van der Waals surface area contributed by atoms with E-state index < -0.39 is 17.9 Å². The quantitative estimate of drug-likeness (QED) is 0.765. The number of nitrogens with one attached hydrogen (secondary N) is 1. The normalized spacial score (nSPS) is 12.3. The average molecular weight is 321 g/mol. The largest absolute Gasteiger partial charge is 0.491 e. The summed E-state index contributed by atoms with van der Waals surface area (Å²) in [5.41, 5.74) is 5.88. The summed E-state index contributed by atoms with van der Waals surface area (Å²) in [4.78, 5) is 28.2. The van der Waals surface area contributed by atoms with Gasteiger partial charge in [0.25, 0.3) is 5.91 Å². The zero-order valence-electron chi connectivity index (χ0n) is 14.3. The van der Waals surface area contributed by atoms with Gasteiger partial charge in [0.2, 0.25) is 5.91 Å². The van der Waals surface area contributed by atoms with Crippen LogP contribution >= 0.6 is 0 Å². The van der Waals surface area contributed by atoms with Gasteiger partial charge in [0, 0.05) is 6.20 Å². The molecule has 6 heteroatoms. The predicted octanol–water partition coefficient (Wildman–Crippen LogP) is 2.14. The van der Waals surface area contributed by atoms with Gasteiger partial charge in [0.1, 0.15) is 0 Å². The molecule has 0 aromatic carbocycles. The number of carbonyl (C=O) groups excluding carboxylic acids is 2. The van der Waals surface area contributed by atoms with Crippen LogP contribution in [-0.2, 0) is 4.79 Å². The van der Waals surface area contributed by atoms with Gasteiger partial charge in [-0.15, -0.1) is 0 Å². The number of carbonyl (C=O) groups is 2. The summed E-state index contributed by atoms with van der Waals surface area (Å²) in [7, 11) is 0. The topological polar surface area (TPSA) is 94.3 Å². The first kappa shape index (κ1) is 19.1. The highest BCUT2D eigenvalue weighted by Gasteiger charge is 2.21. The lowest BCUT2D eigenvalue weighted by atomic mass is 10.0. The summed E-state index contributed by atoms with van der Waals surface area (Å²) in [5.74, 6) is 0.0582. The fourth-order valence-corrected chi connectivity index (χ4v) is 1.96. The minimum absolute atomic E-state index is 0.0985. The van der Waals surface area contributed by atoms with Crippen molar-refractivity contribution in [3.63, 3.8) is 0 Å². The van der Waals surface area contributed by atoms with E-state index in [1.807, 2.05) is 13.8 Å². The molecule has 1 atom stereocenters. The molecule has 2 amide bonds. The fraction of sp³-hybridized carbons (Fsp3) is 0.588. The zero-order chi connectivity index (χ0) is 17.4. The Morgan fingerprint density at radius 3 is 2.57 bits per heavy atom. The van der Waals surface area contributed by atoms with Crippen LogP contribution in [0.1, 0.15) is 51.0 Å². The van der Waals surface area contributed by atoms with Crippen molar-refractivity contribution in [1.29, 1.82) is 0 Å². The summed E-state index contributed by atoms with van der Waals surface area (Å²) >= 11 is 0. The van der Waals surface area contributed by atoms with Crippen molar-refractivity contribution < 1.29 is 14.3 Å². The first-order valence-corrected chi connectivity index (χ1v) is 7.99. The molecule has 128 valence electrons. The van der Waals surface area contributed by atoms with E-state index in [2.05, 4.69) is 24.1 Å². The van der Waals surface area contributed by atoms with Crippen molar-refractivity contribution in [3.8, 4) is 5.75 Å². The van der Waals surface area contributed by atoms with Gasteiger partial charge in [-0.1, -0.05) is 27.7 Å². The highest BCUT2D eigenvalue weighted by Crippen LogP contribution is 2.16. The van der Waals surface area contributed by atoms with Crippen LogP contribution in [-0.4, -0.2) is 29.4 Å². The lowest BCUT2D eigenvalue weighted by Gasteiger charge is -2.14. The van der Waals surface area contributed by atoms with E-state index in [-0.39, 0.29) is 11.6 Å². The van der Waals surface area contributed by atoms with E-state index >= 15 is 0 Å². The number of hydrogen-bond donors (Lipinski definition) is 2. The number of hydrogen-bond acceptors (Lipinski definition) is 5. The molecule has 1 aromatic rings. The molecule has 0 aliphatic heterocycles. The number of pyridine rings is 1. The third-order valence-corrected chi connectivity index (χ3v) is 3.24. The number of nitrogens with two attached hydrogens (primary N) is 1. The lowest BCUT2D eigenvalue weighted by molar-refractivity contribution is -0.121. The summed E-state index contributed by atoms with van der Waals surface area (Å²) in [6.45, 7) is 8.61. The van der Waals surface area contributed by atoms with Crippen LogP contribution in [0, 0.1) is 11.8 Å². The summed E-state index contributed by atoms with van der Waals surface area (Å²) in [6.07, 6.45) is 2.87. The Bertz CT molecular complexity index is 530. The zero-order valence-corrected chi connectivity index (χ0v) is 14.3. The molecular weight excluding hydrogens is 294 g/mol. The summed E-state index contributed by atoms with van der Waals surface area (Å²) in [5, 5.41) is 2.30. The molecule has 1 aromatic heterocycles. The second kappa shape index (κ2) is 9.25. The predicted molar refractivity (Wildman–Crippen MR) is 89.1 cm³/mol. The van der Waals surface area contributed by atoms with Gasteiger partial charge < -0.3 is 10.5 Å². The van der Waals surface area contributed by atoms with Crippen molar-refractivity contribution in [2.45, 2.75) is 46.6 Å². The lowest BCUT2D eigenvalue weighted by Crippen LogP contribution is -2.44. The van der Waals surface area contributed by atoms with Crippen molar-refractivity contribution in [1.82, 2.24) is 10.3 Å². The van der Waals surface area contributed by atoms with E-state index in [0.29, 0.717) is 24.7 Å². The second-order valence-electron chi connectivity index (χ2n) is 6.44. The van der Waals surface area contributed by atoms with Crippen molar-refractivity contribution in [2.75, 3.05) is 6.61 Å². The smallest absolute Gasteiger partial charge is 0.280 e. The molecule has 0 saturated heterocycles.